The number of pyridine rings is 1. The lowest BCUT2D eigenvalue weighted by molar-refractivity contribution is 0.199. The Labute approximate surface area is 101 Å². The van der Waals surface area contributed by atoms with Gasteiger partial charge in [0.25, 0.3) is 0 Å². The van der Waals surface area contributed by atoms with E-state index < -0.39 is 0 Å². The molecule has 0 bridgehead atoms. The average Bonchev–Trinajstić information content (AvgIpc) is 2.61. The summed E-state index contributed by atoms with van der Waals surface area (Å²) in [5.74, 6) is 0. The van der Waals surface area contributed by atoms with Gasteiger partial charge < -0.3 is 10.1 Å². The zero-order valence-electron chi connectivity index (χ0n) is 10.5. The first-order valence-electron chi connectivity index (χ1n) is 5.70. The first kappa shape index (κ1) is 12.0. The Hall–Kier alpha value is -1.46. The summed E-state index contributed by atoms with van der Waals surface area (Å²) in [5.41, 5.74) is 3.13. The van der Waals surface area contributed by atoms with Crippen LogP contribution in [0.25, 0.3) is 11.0 Å². The van der Waals surface area contributed by atoms with Crippen molar-refractivity contribution in [3.05, 3.63) is 23.5 Å². The molecule has 0 atom stereocenters. The molecule has 92 valence electrons. The second-order valence-electron chi connectivity index (χ2n) is 4.09. The van der Waals surface area contributed by atoms with Crippen LogP contribution in [0.2, 0.25) is 0 Å². The minimum Gasteiger partial charge on any atom is -0.383 e. The zero-order valence-corrected chi connectivity index (χ0v) is 10.5. The number of hydrogen-bond acceptors (Lipinski definition) is 4. The highest BCUT2D eigenvalue weighted by Crippen LogP contribution is 2.16. The first-order valence-corrected chi connectivity index (χ1v) is 5.70. The fraction of sp³-hybridized carbons (Fsp3) is 0.500. The molecule has 2 aromatic heterocycles. The summed E-state index contributed by atoms with van der Waals surface area (Å²) in [6.07, 6.45) is 1.89. The molecule has 2 rings (SSSR count). The highest BCUT2D eigenvalue weighted by Gasteiger charge is 2.06. The molecule has 5 heteroatoms. The monoisotopic (exact) mass is 234 g/mol. The van der Waals surface area contributed by atoms with Crippen LogP contribution in [0.3, 0.4) is 0 Å². The highest BCUT2D eigenvalue weighted by molar-refractivity contribution is 5.78. The molecular weight excluding hydrogens is 216 g/mol. The fourth-order valence-electron chi connectivity index (χ4n) is 1.85. The molecule has 0 fully saturated rings. The molecule has 0 aliphatic rings. The van der Waals surface area contributed by atoms with Crippen molar-refractivity contribution < 1.29 is 4.74 Å². The molecule has 0 saturated carbocycles. The van der Waals surface area contributed by atoms with Crippen molar-refractivity contribution in [2.75, 3.05) is 20.3 Å². The molecule has 0 radical (unpaired) electrons. The van der Waals surface area contributed by atoms with Crippen LogP contribution in [0.15, 0.2) is 12.3 Å². The van der Waals surface area contributed by atoms with E-state index in [-0.39, 0.29) is 0 Å². The second kappa shape index (κ2) is 5.25. The first-order chi connectivity index (χ1) is 8.22. The minimum atomic E-state index is 0.724. The number of aryl methyl sites for hydroxylation is 2. The van der Waals surface area contributed by atoms with E-state index in [1.54, 1.807) is 7.11 Å². The lowest BCUT2D eigenvalue weighted by Crippen LogP contribution is -2.18. The van der Waals surface area contributed by atoms with Gasteiger partial charge in [0, 0.05) is 38.8 Å². The van der Waals surface area contributed by atoms with Crippen molar-refractivity contribution in [3.63, 3.8) is 0 Å². The van der Waals surface area contributed by atoms with Crippen molar-refractivity contribution in [2.24, 2.45) is 7.05 Å². The summed E-state index contributed by atoms with van der Waals surface area (Å²) < 4.78 is 6.79. The smallest absolute Gasteiger partial charge is 0.157 e. The van der Waals surface area contributed by atoms with Crippen molar-refractivity contribution in [1.82, 2.24) is 20.1 Å². The van der Waals surface area contributed by atoms with Crippen LogP contribution in [0, 0.1) is 6.92 Å². The number of aromatic nitrogens is 3. The Morgan fingerprint density at radius 1 is 1.47 bits per heavy atom. The van der Waals surface area contributed by atoms with Gasteiger partial charge in [-0.2, -0.15) is 5.10 Å². The van der Waals surface area contributed by atoms with Gasteiger partial charge in [-0.3, -0.25) is 4.68 Å². The van der Waals surface area contributed by atoms with Crippen molar-refractivity contribution in [1.29, 1.82) is 0 Å². The second-order valence-corrected chi connectivity index (χ2v) is 4.09. The maximum atomic E-state index is 4.98. The van der Waals surface area contributed by atoms with E-state index in [2.05, 4.69) is 21.5 Å². The molecule has 0 unspecified atom stereocenters. The normalized spacial score (nSPS) is 11.2. The molecule has 0 aliphatic carbocycles. The lowest BCUT2D eigenvalue weighted by atomic mass is 10.2. The van der Waals surface area contributed by atoms with Crippen LogP contribution >= 0.6 is 0 Å². The van der Waals surface area contributed by atoms with Crippen LogP contribution < -0.4 is 5.32 Å². The molecule has 0 aromatic carbocycles. The Balaban J connectivity index is 2.11. The summed E-state index contributed by atoms with van der Waals surface area (Å²) >= 11 is 0. The number of hydrogen-bond donors (Lipinski definition) is 1. The molecule has 1 N–H and O–H groups in total. The molecule has 2 aromatic rings. The summed E-state index contributed by atoms with van der Waals surface area (Å²) in [7, 11) is 3.62. The van der Waals surface area contributed by atoms with E-state index in [9.17, 15) is 0 Å². The number of ether oxygens (including phenoxy) is 1. The third-order valence-electron chi connectivity index (χ3n) is 2.73. The number of rotatable bonds is 5. The van der Waals surface area contributed by atoms with Gasteiger partial charge in [-0.25, -0.2) is 4.98 Å². The number of fused-ring (bicyclic) bond motifs is 1. The largest absolute Gasteiger partial charge is 0.383 e. The van der Waals surface area contributed by atoms with Gasteiger partial charge >= 0.3 is 0 Å². The maximum absolute atomic E-state index is 4.98. The molecule has 0 saturated heterocycles. The van der Waals surface area contributed by atoms with Crippen LogP contribution in [0.1, 0.15) is 11.3 Å². The van der Waals surface area contributed by atoms with Gasteiger partial charge in [-0.15, -0.1) is 0 Å². The van der Waals surface area contributed by atoms with Gasteiger partial charge in [-0.05, 0) is 18.6 Å². The standard InChI is InChI=1S/C12H18N4O/c1-9-11-6-10(7-13-4-5-17-3)8-14-12(11)16(2)15-9/h6,8,13H,4-5,7H2,1-3H3. The Bertz CT molecular complexity index is 506. The van der Waals surface area contributed by atoms with E-state index in [1.807, 2.05) is 24.9 Å². The number of methoxy groups -OCH3 is 1. The van der Waals surface area contributed by atoms with Crippen molar-refractivity contribution in [3.8, 4) is 0 Å². The molecule has 0 amide bonds. The summed E-state index contributed by atoms with van der Waals surface area (Å²) in [6.45, 7) is 4.38. The maximum Gasteiger partial charge on any atom is 0.157 e. The third kappa shape index (κ3) is 2.62. The zero-order chi connectivity index (χ0) is 12.3. The molecule has 2 heterocycles. The summed E-state index contributed by atoms with van der Waals surface area (Å²) in [6, 6.07) is 2.14. The molecule has 0 spiro atoms. The number of nitrogens with zero attached hydrogens (tertiary/aromatic N) is 3. The van der Waals surface area contributed by atoms with Gasteiger partial charge in [0.2, 0.25) is 0 Å². The van der Waals surface area contributed by atoms with E-state index in [0.29, 0.717) is 0 Å². The Kier molecular flexibility index (Phi) is 3.71. The average molecular weight is 234 g/mol. The van der Waals surface area contributed by atoms with Crippen LogP contribution in [0.4, 0.5) is 0 Å². The van der Waals surface area contributed by atoms with Gasteiger partial charge in [0.1, 0.15) is 0 Å². The predicted octanol–water partition coefficient (Wildman–Crippen LogP) is 1.01. The fourth-order valence-corrected chi connectivity index (χ4v) is 1.85. The molecule has 0 aliphatic heterocycles. The van der Waals surface area contributed by atoms with Crippen LogP contribution in [-0.4, -0.2) is 35.0 Å². The number of nitrogens with one attached hydrogen (secondary N) is 1. The topological polar surface area (TPSA) is 52.0 Å². The van der Waals surface area contributed by atoms with Crippen LogP contribution in [-0.2, 0) is 18.3 Å². The predicted molar refractivity (Wildman–Crippen MR) is 66.8 cm³/mol. The van der Waals surface area contributed by atoms with E-state index in [0.717, 1.165) is 36.4 Å². The Morgan fingerprint density at radius 2 is 2.29 bits per heavy atom. The van der Waals surface area contributed by atoms with Gasteiger partial charge in [0.15, 0.2) is 5.65 Å². The Morgan fingerprint density at radius 3 is 3.06 bits per heavy atom. The van der Waals surface area contributed by atoms with E-state index >= 15 is 0 Å². The van der Waals surface area contributed by atoms with Gasteiger partial charge in [-0.1, -0.05) is 0 Å². The molecule has 5 nitrogen and oxygen atoms in total. The quantitative estimate of drug-likeness (QED) is 0.785. The minimum absolute atomic E-state index is 0.724. The van der Waals surface area contributed by atoms with E-state index in [4.69, 9.17) is 4.74 Å². The molecular formula is C12H18N4O. The third-order valence-corrected chi connectivity index (χ3v) is 2.73. The SMILES string of the molecule is COCCNCc1cnc2c(c1)c(C)nn2C. The van der Waals surface area contributed by atoms with Gasteiger partial charge in [0.05, 0.1) is 12.3 Å². The van der Waals surface area contributed by atoms with Crippen LogP contribution in [0.5, 0.6) is 0 Å². The highest BCUT2D eigenvalue weighted by atomic mass is 16.5. The van der Waals surface area contributed by atoms with Crippen molar-refractivity contribution in [2.45, 2.75) is 13.5 Å². The summed E-state index contributed by atoms with van der Waals surface area (Å²) in [4.78, 5) is 4.43. The molecule has 17 heavy (non-hydrogen) atoms. The van der Waals surface area contributed by atoms with Crippen molar-refractivity contribution >= 4 is 11.0 Å². The lowest BCUT2D eigenvalue weighted by Gasteiger charge is -2.04. The summed E-state index contributed by atoms with van der Waals surface area (Å²) in [5, 5.41) is 8.78. The van der Waals surface area contributed by atoms with E-state index in [1.165, 1.54) is 5.56 Å².